The molecule has 0 bridgehead atoms. The van der Waals surface area contributed by atoms with Crippen LogP contribution in [0.25, 0.3) is 22.9 Å². The lowest BCUT2D eigenvalue weighted by molar-refractivity contribution is -0.140. The highest BCUT2D eigenvalue weighted by molar-refractivity contribution is 6.05. The maximum absolute atomic E-state index is 11.1. The molecule has 0 spiro atoms. The molecule has 2 aromatic carbocycles. The Balaban J connectivity index is 1.87. The van der Waals surface area contributed by atoms with E-state index in [1.165, 1.54) is 34.6 Å². The van der Waals surface area contributed by atoms with E-state index in [0.717, 1.165) is 12.8 Å². The summed E-state index contributed by atoms with van der Waals surface area (Å²) in [4.78, 5) is 11.1. The number of hydrogen-bond donors (Lipinski definition) is 0. The SMILES string of the molecule is COC(=O)CCCc1ccc2cccc3c2c1C=C3. The predicted molar refractivity (Wildman–Crippen MR) is 77.8 cm³/mol. The van der Waals surface area contributed by atoms with Crippen LogP contribution in [-0.4, -0.2) is 13.1 Å². The predicted octanol–water partition coefficient (Wildman–Crippen LogP) is 3.82. The molecular weight excluding hydrogens is 236 g/mol. The highest BCUT2D eigenvalue weighted by Crippen LogP contribution is 2.33. The van der Waals surface area contributed by atoms with Gasteiger partial charge in [0.1, 0.15) is 0 Å². The Kier molecular flexibility index (Phi) is 3.08. The molecule has 0 aromatic heterocycles. The zero-order valence-electron chi connectivity index (χ0n) is 11.0. The molecule has 0 atom stereocenters. The van der Waals surface area contributed by atoms with Crippen LogP contribution >= 0.6 is 0 Å². The second-order valence-corrected chi connectivity index (χ2v) is 4.85. The van der Waals surface area contributed by atoms with E-state index in [9.17, 15) is 4.79 Å². The summed E-state index contributed by atoms with van der Waals surface area (Å²) >= 11 is 0. The van der Waals surface area contributed by atoms with Crippen molar-refractivity contribution < 1.29 is 9.53 Å². The van der Waals surface area contributed by atoms with Crippen LogP contribution in [-0.2, 0) is 16.0 Å². The van der Waals surface area contributed by atoms with Crippen molar-refractivity contribution >= 4 is 28.9 Å². The van der Waals surface area contributed by atoms with Crippen molar-refractivity contribution in [3.63, 3.8) is 0 Å². The van der Waals surface area contributed by atoms with Crippen molar-refractivity contribution in [3.05, 3.63) is 47.0 Å². The highest BCUT2D eigenvalue weighted by atomic mass is 16.5. The third-order valence-electron chi connectivity index (χ3n) is 3.69. The van der Waals surface area contributed by atoms with Gasteiger partial charge in [0.15, 0.2) is 0 Å². The Morgan fingerprint density at radius 3 is 2.89 bits per heavy atom. The number of aryl methyl sites for hydroxylation is 1. The molecule has 0 radical (unpaired) electrons. The molecule has 0 unspecified atom stereocenters. The number of hydrogen-bond acceptors (Lipinski definition) is 2. The van der Waals surface area contributed by atoms with Gasteiger partial charge in [-0.15, -0.1) is 0 Å². The van der Waals surface area contributed by atoms with Gasteiger partial charge in [0.2, 0.25) is 0 Å². The van der Waals surface area contributed by atoms with Crippen LogP contribution in [0.1, 0.15) is 29.5 Å². The minimum atomic E-state index is -0.131. The number of rotatable bonds is 4. The van der Waals surface area contributed by atoms with Gasteiger partial charge in [-0.1, -0.05) is 42.5 Å². The maximum Gasteiger partial charge on any atom is 0.305 e. The lowest BCUT2D eigenvalue weighted by Gasteiger charge is -2.08. The monoisotopic (exact) mass is 252 g/mol. The first kappa shape index (κ1) is 12.0. The first-order valence-electron chi connectivity index (χ1n) is 6.59. The van der Waals surface area contributed by atoms with Gasteiger partial charge in [-0.25, -0.2) is 0 Å². The molecule has 0 fully saturated rings. The van der Waals surface area contributed by atoms with Crippen LogP contribution in [0.4, 0.5) is 0 Å². The average molecular weight is 252 g/mol. The van der Waals surface area contributed by atoms with E-state index in [4.69, 9.17) is 0 Å². The van der Waals surface area contributed by atoms with Gasteiger partial charge >= 0.3 is 5.97 Å². The molecule has 1 aliphatic carbocycles. The van der Waals surface area contributed by atoms with Crippen molar-refractivity contribution in [2.75, 3.05) is 7.11 Å². The Hall–Kier alpha value is -2.09. The van der Waals surface area contributed by atoms with E-state index < -0.39 is 0 Å². The summed E-state index contributed by atoms with van der Waals surface area (Å²) in [5.74, 6) is -0.131. The zero-order chi connectivity index (χ0) is 13.2. The molecule has 0 saturated heterocycles. The number of ether oxygens (including phenoxy) is 1. The van der Waals surface area contributed by atoms with E-state index in [1.54, 1.807) is 0 Å². The second-order valence-electron chi connectivity index (χ2n) is 4.85. The van der Waals surface area contributed by atoms with Crippen molar-refractivity contribution in [3.8, 4) is 0 Å². The third-order valence-corrected chi connectivity index (χ3v) is 3.69. The number of carbonyl (C=O) groups excluding carboxylic acids is 1. The van der Waals surface area contributed by atoms with E-state index in [0.29, 0.717) is 6.42 Å². The quantitative estimate of drug-likeness (QED) is 0.660. The highest BCUT2D eigenvalue weighted by Gasteiger charge is 2.12. The Morgan fingerprint density at radius 2 is 2.05 bits per heavy atom. The van der Waals surface area contributed by atoms with E-state index in [-0.39, 0.29) is 5.97 Å². The molecule has 0 amide bonds. The first-order chi connectivity index (χ1) is 9.29. The average Bonchev–Trinajstić information content (AvgIpc) is 2.87. The number of methoxy groups -OCH3 is 1. The molecule has 0 aliphatic heterocycles. The van der Waals surface area contributed by atoms with Gasteiger partial charge < -0.3 is 4.74 Å². The van der Waals surface area contributed by atoms with Crippen LogP contribution in [0.5, 0.6) is 0 Å². The second kappa shape index (κ2) is 4.88. The van der Waals surface area contributed by atoms with Crippen molar-refractivity contribution in [2.24, 2.45) is 0 Å². The van der Waals surface area contributed by atoms with Gasteiger partial charge in [-0.2, -0.15) is 0 Å². The molecule has 3 rings (SSSR count). The molecule has 19 heavy (non-hydrogen) atoms. The minimum Gasteiger partial charge on any atom is -0.469 e. The van der Waals surface area contributed by atoms with Crippen LogP contribution in [0, 0.1) is 0 Å². The molecule has 96 valence electrons. The fourth-order valence-corrected chi connectivity index (χ4v) is 2.72. The van der Waals surface area contributed by atoms with Crippen molar-refractivity contribution in [2.45, 2.75) is 19.3 Å². The summed E-state index contributed by atoms with van der Waals surface area (Å²) in [5.41, 5.74) is 3.93. The molecular formula is C17H16O2. The summed E-state index contributed by atoms with van der Waals surface area (Å²) in [5, 5.41) is 2.63. The van der Waals surface area contributed by atoms with Crippen LogP contribution in [0.15, 0.2) is 30.3 Å². The minimum absolute atomic E-state index is 0.131. The van der Waals surface area contributed by atoms with E-state index in [2.05, 4.69) is 47.2 Å². The summed E-state index contributed by atoms with van der Waals surface area (Å²) in [7, 11) is 1.44. The molecule has 1 aliphatic rings. The van der Waals surface area contributed by atoms with Gasteiger partial charge in [-0.3, -0.25) is 4.79 Å². The Morgan fingerprint density at radius 1 is 1.16 bits per heavy atom. The molecule has 0 heterocycles. The molecule has 0 saturated carbocycles. The Bertz CT molecular complexity index is 668. The first-order valence-corrected chi connectivity index (χ1v) is 6.59. The van der Waals surface area contributed by atoms with Crippen LogP contribution in [0.3, 0.4) is 0 Å². The lowest BCUT2D eigenvalue weighted by atomic mass is 9.96. The lowest BCUT2D eigenvalue weighted by Crippen LogP contribution is -2.01. The third kappa shape index (κ3) is 2.14. The zero-order valence-corrected chi connectivity index (χ0v) is 11.0. The van der Waals surface area contributed by atoms with Gasteiger partial charge in [0.05, 0.1) is 7.11 Å². The summed E-state index contributed by atoms with van der Waals surface area (Å²) in [6.45, 7) is 0. The summed E-state index contributed by atoms with van der Waals surface area (Å²) < 4.78 is 4.67. The standard InChI is InChI=1S/C17H16O2/c1-19-16(18)7-3-4-12-8-9-13-5-2-6-14-10-11-15(12)17(13)14/h2,5-6,8-11H,3-4,7H2,1H3. The van der Waals surface area contributed by atoms with Crippen LogP contribution < -0.4 is 0 Å². The van der Waals surface area contributed by atoms with Crippen molar-refractivity contribution in [1.82, 2.24) is 0 Å². The summed E-state index contributed by atoms with van der Waals surface area (Å²) in [6.07, 6.45) is 6.59. The van der Waals surface area contributed by atoms with Gasteiger partial charge in [-0.05, 0) is 40.3 Å². The molecule has 2 heteroatoms. The smallest absolute Gasteiger partial charge is 0.305 e. The normalized spacial score (nSPS) is 12.1. The fraction of sp³-hybridized carbons (Fsp3) is 0.235. The van der Waals surface area contributed by atoms with Gasteiger partial charge in [0.25, 0.3) is 0 Å². The maximum atomic E-state index is 11.1. The van der Waals surface area contributed by atoms with Crippen molar-refractivity contribution in [1.29, 1.82) is 0 Å². The summed E-state index contributed by atoms with van der Waals surface area (Å²) in [6, 6.07) is 10.7. The van der Waals surface area contributed by atoms with E-state index in [1.807, 2.05) is 0 Å². The van der Waals surface area contributed by atoms with Crippen LogP contribution in [0.2, 0.25) is 0 Å². The number of carbonyl (C=O) groups is 1. The largest absolute Gasteiger partial charge is 0.469 e. The Labute approximate surface area is 112 Å². The fourth-order valence-electron chi connectivity index (χ4n) is 2.72. The van der Waals surface area contributed by atoms with E-state index >= 15 is 0 Å². The number of benzene rings is 2. The van der Waals surface area contributed by atoms with Gasteiger partial charge in [0, 0.05) is 6.42 Å². The number of esters is 1. The molecule has 2 aromatic rings. The molecule has 2 nitrogen and oxygen atoms in total. The topological polar surface area (TPSA) is 26.3 Å². The molecule has 0 N–H and O–H groups in total.